The number of halogens is 1. The Kier molecular flexibility index (Phi) is 1.94. The van der Waals surface area contributed by atoms with Gasteiger partial charge < -0.3 is 0 Å². The number of rotatable bonds is 0. The fraction of sp³-hybridized carbons (Fsp3) is 0. The number of nitrogens with zero attached hydrogens (tertiary/aromatic N) is 1. The first-order chi connectivity index (χ1) is 4.22. The van der Waals surface area contributed by atoms with Gasteiger partial charge in [-0.15, -0.1) is 5.10 Å². The van der Waals surface area contributed by atoms with Gasteiger partial charge in [0.1, 0.15) is 9.15 Å². The van der Waals surface area contributed by atoms with Gasteiger partial charge in [-0.2, -0.15) is 0 Å². The summed E-state index contributed by atoms with van der Waals surface area (Å²) in [6.45, 7) is 0. The second-order valence-electron chi connectivity index (χ2n) is 1.30. The first-order valence-electron chi connectivity index (χ1n) is 2.04. The summed E-state index contributed by atoms with van der Waals surface area (Å²) in [5.74, 6) is 0. The van der Waals surface area contributed by atoms with Crippen LogP contribution >= 0.6 is 36.0 Å². The van der Waals surface area contributed by atoms with Crippen molar-refractivity contribution in [1.29, 1.82) is 0 Å². The zero-order chi connectivity index (χ0) is 6.85. The van der Waals surface area contributed by atoms with E-state index in [1.165, 1.54) is 0 Å². The molecular weight excluding hydrogens is 178 g/mol. The molecule has 1 aromatic rings. The van der Waals surface area contributed by atoms with Gasteiger partial charge in [0.15, 0.2) is 5.15 Å². The number of H-pyrrole nitrogens is 2. The molecule has 1 heterocycles. The number of aromatic nitrogens is 3. The molecule has 0 spiro atoms. The van der Waals surface area contributed by atoms with Crippen LogP contribution in [0.1, 0.15) is 0 Å². The number of nitrogens with one attached hydrogen (secondary N) is 2. The normalized spacial score (nSPS) is 9.44. The molecule has 9 heavy (non-hydrogen) atoms. The third-order valence-electron chi connectivity index (χ3n) is 0.717. The number of hydrogen-bond acceptors (Lipinski definition) is 3. The SMILES string of the molecule is S=c1[nH][nH]nc(Cl)c1=S. The first-order valence-corrected chi connectivity index (χ1v) is 3.24. The van der Waals surface area contributed by atoms with Crippen LogP contribution in [0.3, 0.4) is 0 Å². The highest BCUT2D eigenvalue weighted by molar-refractivity contribution is 7.73. The third kappa shape index (κ3) is 1.35. The lowest BCUT2D eigenvalue weighted by molar-refractivity contribution is 0.852. The summed E-state index contributed by atoms with van der Waals surface area (Å²) in [5.41, 5.74) is 0. The minimum Gasteiger partial charge on any atom is -0.273 e. The van der Waals surface area contributed by atoms with Crippen molar-refractivity contribution < 1.29 is 0 Å². The van der Waals surface area contributed by atoms with E-state index >= 15 is 0 Å². The second kappa shape index (κ2) is 2.55. The van der Waals surface area contributed by atoms with Gasteiger partial charge in [-0.05, 0) is 0 Å². The van der Waals surface area contributed by atoms with Crippen molar-refractivity contribution >= 4 is 36.0 Å². The smallest absolute Gasteiger partial charge is 0.171 e. The van der Waals surface area contributed by atoms with Crippen molar-refractivity contribution in [1.82, 2.24) is 15.4 Å². The van der Waals surface area contributed by atoms with Crippen molar-refractivity contribution in [3.05, 3.63) is 14.3 Å². The van der Waals surface area contributed by atoms with Gasteiger partial charge in [-0.25, -0.2) is 5.21 Å². The largest absolute Gasteiger partial charge is 0.273 e. The Morgan fingerprint density at radius 1 is 1.44 bits per heavy atom. The van der Waals surface area contributed by atoms with Crippen molar-refractivity contribution in [2.45, 2.75) is 0 Å². The van der Waals surface area contributed by atoms with Crippen LogP contribution in [-0.2, 0) is 0 Å². The summed E-state index contributed by atoms with van der Waals surface area (Å²) in [4.78, 5) is 0. The quantitative estimate of drug-likeness (QED) is 0.598. The average Bonchev–Trinajstić information content (AvgIpc) is 1.83. The summed E-state index contributed by atoms with van der Waals surface area (Å²) in [6, 6.07) is 0. The molecule has 0 atom stereocenters. The zero-order valence-corrected chi connectivity index (χ0v) is 6.53. The molecule has 0 saturated carbocycles. The van der Waals surface area contributed by atoms with Crippen LogP contribution in [0, 0.1) is 9.15 Å². The van der Waals surface area contributed by atoms with Gasteiger partial charge in [-0.3, -0.25) is 5.10 Å². The van der Waals surface area contributed by atoms with Crippen LogP contribution in [0.25, 0.3) is 0 Å². The Hall–Kier alpha value is -0.260. The van der Waals surface area contributed by atoms with Crippen LogP contribution in [0.5, 0.6) is 0 Å². The molecule has 0 fully saturated rings. The monoisotopic (exact) mass is 179 g/mol. The lowest BCUT2D eigenvalue weighted by atomic mass is 10.7. The van der Waals surface area contributed by atoms with E-state index in [-0.39, 0.29) is 5.15 Å². The van der Waals surface area contributed by atoms with Crippen LogP contribution < -0.4 is 0 Å². The topological polar surface area (TPSA) is 44.5 Å². The Balaban J connectivity index is 3.63. The van der Waals surface area contributed by atoms with Crippen molar-refractivity contribution in [3.63, 3.8) is 0 Å². The molecule has 3 nitrogen and oxygen atoms in total. The minimum absolute atomic E-state index is 0.230. The van der Waals surface area contributed by atoms with Crippen LogP contribution in [0.15, 0.2) is 0 Å². The fourth-order valence-electron chi connectivity index (χ4n) is 0.329. The molecule has 0 aliphatic carbocycles. The minimum atomic E-state index is 0.230. The molecule has 1 rings (SSSR count). The Labute approximate surface area is 66.0 Å². The fourth-order valence-corrected chi connectivity index (χ4v) is 0.761. The van der Waals surface area contributed by atoms with E-state index in [9.17, 15) is 0 Å². The predicted molar refractivity (Wildman–Crippen MR) is 39.6 cm³/mol. The van der Waals surface area contributed by atoms with E-state index in [2.05, 4.69) is 15.4 Å². The number of hydrogen-bond donors (Lipinski definition) is 2. The van der Waals surface area contributed by atoms with Crippen molar-refractivity contribution in [2.24, 2.45) is 0 Å². The van der Waals surface area contributed by atoms with E-state index in [4.69, 9.17) is 36.0 Å². The van der Waals surface area contributed by atoms with E-state index in [1.807, 2.05) is 0 Å². The van der Waals surface area contributed by atoms with Gasteiger partial charge in [0.25, 0.3) is 0 Å². The maximum Gasteiger partial charge on any atom is 0.171 e. The van der Waals surface area contributed by atoms with Crippen LogP contribution in [0.4, 0.5) is 0 Å². The highest BCUT2D eigenvalue weighted by Crippen LogP contribution is 2.02. The molecule has 0 aromatic carbocycles. The molecule has 0 saturated heterocycles. The van der Waals surface area contributed by atoms with Gasteiger partial charge in [0.05, 0.1) is 0 Å². The third-order valence-corrected chi connectivity index (χ3v) is 1.94. The molecule has 1 aromatic heterocycles. The molecule has 0 amide bonds. The van der Waals surface area contributed by atoms with Crippen molar-refractivity contribution in [3.8, 4) is 0 Å². The van der Waals surface area contributed by atoms with Gasteiger partial charge in [-0.1, -0.05) is 36.0 Å². The van der Waals surface area contributed by atoms with Gasteiger partial charge in [0, 0.05) is 0 Å². The summed E-state index contributed by atoms with van der Waals surface area (Å²) in [7, 11) is 0. The van der Waals surface area contributed by atoms with E-state index in [1.54, 1.807) is 0 Å². The summed E-state index contributed by atoms with van der Waals surface area (Å²) >= 11 is 15.0. The molecule has 6 heteroatoms. The lowest BCUT2D eigenvalue weighted by Gasteiger charge is -1.86. The predicted octanol–water partition coefficient (Wildman–Crippen LogP) is 1.85. The van der Waals surface area contributed by atoms with Crippen LogP contribution in [0.2, 0.25) is 5.15 Å². The van der Waals surface area contributed by atoms with E-state index in [0.29, 0.717) is 9.15 Å². The standard InChI is InChI=1S/C3H2ClN3S2/c4-2-1(8)3(9)6-7-5-2/h(H,7,8)(H,5,6,9). The van der Waals surface area contributed by atoms with Gasteiger partial charge in [0.2, 0.25) is 0 Å². The van der Waals surface area contributed by atoms with Gasteiger partial charge >= 0.3 is 0 Å². The maximum atomic E-state index is 5.48. The zero-order valence-electron chi connectivity index (χ0n) is 4.14. The van der Waals surface area contributed by atoms with E-state index in [0.717, 1.165) is 0 Å². The molecule has 0 aliphatic rings. The van der Waals surface area contributed by atoms with E-state index < -0.39 is 0 Å². The molecule has 2 N–H and O–H groups in total. The van der Waals surface area contributed by atoms with Crippen molar-refractivity contribution in [2.75, 3.05) is 0 Å². The first kappa shape index (κ1) is 6.85. The molecule has 0 bridgehead atoms. The average molecular weight is 180 g/mol. The van der Waals surface area contributed by atoms with Crippen LogP contribution in [-0.4, -0.2) is 15.4 Å². The molecule has 48 valence electrons. The highest BCUT2D eigenvalue weighted by atomic mass is 35.5. The molecule has 0 unspecified atom stereocenters. The molecule has 0 radical (unpaired) electrons. The Morgan fingerprint density at radius 3 is 2.56 bits per heavy atom. The maximum absolute atomic E-state index is 5.48. The molecule has 0 aliphatic heterocycles. The summed E-state index contributed by atoms with van der Waals surface area (Å²) < 4.78 is 0.787. The second-order valence-corrected chi connectivity index (χ2v) is 2.47. The highest BCUT2D eigenvalue weighted by Gasteiger charge is 1.90. The Bertz CT molecular complexity index is 313. The Morgan fingerprint density at radius 2 is 2.11 bits per heavy atom. The lowest BCUT2D eigenvalue weighted by Crippen LogP contribution is -1.87. The number of aromatic amines is 2. The summed E-state index contributed by atoms with van der Waals surface area (Å²) in [6.07, 6.45) is 0. The summed E-state index contributed by atoms with van der Waals surface area (Å²) in [5, 5.41) is 8.71. The molecular formula is C3H2ClN3S2.